The summed E-state index contributed by atoms with van der Waals surface area (Å²) >= 11 is 0. The van der Waals surface area contributed by atoms with Crippen molar-refractivity contribution in [1.29, 1.82) is 0 Å². The Hall–Kier alpha value is -3.30. The molecule has 2 rings (SSSR count). The number of amides is 1. The van der Waals surface area contributed by atoms with E-state index in [1.807, 2.05) is 0 Å². The van der Waals surface area contributed by atoms with E-state index in [4.69, 9.17) is 4.74 Å². The minimum absolute atomic E-state index is 0.115. The quantitative estimate of drug-likeness (QED) is 0.503. The SMILES string of the molecule is COc1cc(CCNC(=O)COC(=O)c2ccc(F)cc2F)ccc1OC(F)F. The first kappa shape index (κ1) is 22.0. The van der Waals surface area contributed by atoms with Gasteiger partial charge in [0.25, 0.3) is 5.91 Å². The molecule has 0 aliphatic rings. The summed E-state index contributed by atoms with van der Waals surface area (Å²) in [4.78, 5) is 23.4. The fourth-order valence-corrected chi connectivity index (χ4v) is 2.32. The van der Waals surface area contributed by atoms with E-state index < -0.39 is 42.3 Å². The summed E-state index contributed by atoms with van der Waals surface area (Å²) in [5.74, 6) is -3.67. The molecular formula is C19H17F4NO5. The third-order valence-electron chi connectivity index (χ3n) is 3.67. The Morgan fingerprint density at radius 2 is 1.83 bits per heavy atom. The van der Waals surface area contributed by atoms with Gasteiger partial charge in [-0.15, -0.1) is 0 Å². The predicted octanol–water partition coefficient (Wildman–Crippen LogP) is 3.09. The van der Waals surface area contributed by atoms with Crippen LogP contribution in [0.3, 0.4) is 0 Å². The largest absolute Gasteiger partial charge is 0.493 e. The lowest BCUT2D eigenvalue weighted by Crippen LogP contribution is -2.30. The number of hydrogen-bond donors (Lipinski definition) is 1. The molecule has 156 valence electrons. The molecule has 0 fully saturated rings. The van der Waals surface area contributed by atoms with Gasteiger partial charge in [-0.2, -0.15) is 8.78 Å². The number of benzene rings is 2. The number of alkyl halides is 2. The van der Waals surface area contributed by atoms with Crippen LogP contribution in [0.5, 0.6) is 11.5 Å². The van der Waals surface area contributed by atoms with Crippen LogP contribution in [0.4, 0.5) is 17.6 Å². The molecule has 0 radical (unpaired) electrons. The highest BCUT2D eigenvalue weighted by atomic mass is 19.3. The summed E-state index contributed by atoms with van der Waals surface area (Å²) in [6.07, 6.45) is 0.331. The van der Waals surface area contributed by atoms with E-state index >= 15 is 0 Å². The molecule has 0 aromatic heterocycles. The molecule has 10 heteroatoms. The van der Waals surface area contributed by atoms with Crippen LogP contribution in [0.1, 0.15) is 15.9 Å². The fourth-order valence-electron chi connectivity index (χ4n) is 2.32. The lowest BCUT2D eigenvalue weighted by molar-refractivity contribution is -0.124. The maximum atomic E-state index is 13.5. The van der Waals surface area contributed by atoms with Crippen molar-refractivity contribution in [1.82, 2.24) is 5.32 Å². The van der Waals surface area contributed by atoms with Crippen LogP contribution in [0.15, 0.2) is 36.4 Å². The first-order valence-electron chi connectivity index (χ1n) is 8.30. The molecule has 29 heavy (non-hydrogen) atoms. The molecule has 0 saturated heterocycles. The average molecular weight is 415 g/mol. The van der Waals surface area contributed by atoms with Gasteiger partial charge in [0.1, 0.15) is 11.6 Å². The summed E-state index contributed by atoms with van der Waals surface area (Å²) in [7, 11) is 1.30. The van der Waals surface area contributed by atoms with E-state index in [0.29, 0.717) is 18.1 Å². The number of ether oxygens (including phenoxy) is 3. The average Bonchev–Trinajstić information content (AvgIpc) is 2.66. The maximum Gasteiger partial charge on any atom is 0.387 e. The Morgan fingerprint density at radius 3 is 2.48 bits per heavy atom. The van der Waals surface area contributed by atoms with Crippen LogP contribution in [-0.2, 0) is 16.0 Å². The van der Waals surface area contributed by atoms with Crippen LogP contribution in [0.2, 0.25) is 0 Å². The summed E-state index contributed by atoms with van der Waals surface area (Å²) in [5, 5.41) is 2.48. The molecule has 0 spiro atoms. The zero-order valence-electron chi connectivity index (χ0n) is 15.2. The predicted molar refractivity (Wildman–Crippen MR) is 93.0 cm³/mol. The second-order valence-corrected chi connectivity index (χ2v) is 5.66. The Balaban J connectivity index is 1.80. The zero-order chi connectivity index (χ0) is 21.4. The molecule has 2 aromatic carbocycles. The van der Waals surface area contributed by atoms with Crippen molar-refractivity contribution < 1.29 is 41.4 Å². The molecule has 0 aliphatic carbocycles. The summed E-state index contributed by atoms with van der Waals surface area (Å²) in [6.45, 7) is -3.49. The highest BCUT2D eigenvalue weighted by Crippen LogP contribution is 2.29. The first-order valence-corrected chi connectivity index (χ1v) is 8.30. The van der Waals surface area contributed by atoms with Crippen LogP contribution >= 0.6 is 0 Å². The van der Waals surface area contributed by atoms with Gasteiger partial charge >= 0.3 is 12.6 Å². The van der Waals surface area contributed by atoms with Crippen LogP contribution in [0.25, 0.3) is 0 Å². The zero-order valence-corrected chi connectivity index (χ0v) is 15.2. The third kappa shape index (κ3) is 6.66. The molecule has 0 unspecified atom stereocenters. The van der Waals surface area contributed by atoms with Crippen molar-refractivity contribution >= 4 is 11.9 Å². The lowest BCUT2D eigenvalue weighted by atomic mass is 10.1. The van der Waals surface area contributed by atoms with Crippen molar-refractivity contribution in [3.8, 4) is 11.5 Å². The summed E-state index contributed by atoms with van der Waals surface area (Å²) in [6, 6.07) is 6.68. The van der Waals surface area contributed by atoms with Crippen molar-refractivity contribution in [2.45, 2.75) is 13.0 Å². The van der Waals surface area contributed by atoms with Gasteiger partial charge in [0.05, 0.1) is 12.7 Å². The lowest BCUT2D eigenvalue weighted by Gasteiger charge is -2.12. The molecule has 1 amide bonds. The highest BCUT2D eigenvalue weighted by molar-refractivity contribution is 5.91. The van der Waals surface area contributed by atoms with Crippen molar-refractivity contribution in [3.63, 3.8) is 0 Å². The number of carbonyl (C=O) groups is 2. The summed E-state index contributed by atoms with van der Waals surface area (Å²) < 4.78 is 64.9. The van der Waals surface area contributed by atoms with Crippen LogP contribution in [0, 0.1) is 11.6 Å². The van der Waals surface area contributed by atoms with Crippen molar-refractivity contribution in [2.24, 2.45) is 0 Å². The molecular weight excluding hydrogens is 398 g/mol. The molecule has 0 bridgehead atoms. The molecule has 0 atom stereocenters. The Labute approximate surface area is 163 Å². The van der Waals surface area contributed by atoms with Gasteiger partial charge in [-0.05, 0) is 36.2 Å². The molecule has 0 saturated carbocycles. The van der Waals surface area contributed by atoms with E-state index in [1.165, 1.54) is 25.3 Å². The van der Waals surface area contributed by atoms with E-state index in [-0.39, 0.29) is 18.0 Å². The van der Waals surface area contributed by atoms with Gasteiger partial charge in [0, 0.05) is 12.6 Å². The molecule has 0 aliphatic heterocycles. The number of hydrogen-bond acceptors (Lipinski definition) is 5. The van der Waals surface area contributed by atoms with E-state index in [0.717, 1.165) is 12.1 Å². The molecule has 0 heterocycles. The summed E-state index contributed by atoms with van der Waals surface area (Å²) in [5.41, 5.74) is 0.187. The van der Waals surface area contributed by atoms with Gasteiger partial charge in [-0.3, -0.25) is 4.79 Å². The highest BCUT2D eigenvalue weighted by Gasteiger charge is 2.15. The topological polar surface area (TPSA) is 73.9 Å². The van der Waals surface area contributed by atoms with Gasteiger partial charge in [-0.1, -0.05) is 6.07 Å². The van der Waals surface area contributed by atoms with Crippen LogP contribution in [-0.4, -0.2) is 38.7 Å². The number of rotatable bonds is 9. The van der Waals surface area contributed by atoms with Gasteiger partial charge in [-0.25, -0.2) is 13.6 Å². The Kier molecular flexibility index (Phi) is 7.81. The minimum Gasteiger partial charge on any atom is -0.493 e. The number of nitrogens with one attached hydrogen (secondary N) is 1. The Morgan fingerprint density at radius 1 is 1.07 bits per heavy atom. The Bertz CT molecular complexity index is 876. The standard InChI is InChI=1S/C19H17F4NO5/c1-27-16-8-11(2-5-15(16)29-19(22)23)6-7-24-17(25)10-28-18(26)13-4-3-12(20)9-14(13)21/h2-5,8-9,19H,6-7,10H2,1H3,(H,24,25). The molecule has 6 nitrogen and oxygen atoms in total. The van der Waals surface area contributed by atoms with E-state index in [1.54, 1.807) is 0 Å². The van der Waals surface area contributed by atoms with E-state index in [2.05, 4.69) is 14.8 Å². The van der Waals surface area contributed by atoms with Crippen molar-refractivity contribution in [3.05, 3.63) is 59.2 Å². The first-order chi connectivity index (χ1) is 13.8. The van der Waals surface area contributed by atoms with Crippen LogP contribution < -0.4 is 14.8 Å². The van der Waals surface area contributed by atoms with E-state index in [9.17, 15) is 27.2 Å². The molecule has 1 N–H and O–H groups in total. The smallest absolute Gasteiger partial charge is 0.387 e. The second-order valence-electron chi connectivity index (χ2n) is 5.66. The number of methoxy groups -OCH3 is 1. The number of carbonyl (C=O) groups excluding carboxylic acids is 2. The normalized spacial score (nSPS) is 10.6. The minimum atomic E-state index is -2.99. The monoisotopic (exact) mass is 415 g/mol. The number of halogens is 4. The van der Waals surface area contributed by atoms with Gasteiger partial charge < -0.3 is 19.5 Å². The fraction of sp³-hybridized carbons (Fsp3) is 0.263. The van der Waals surface area contributed by atoms with Crippen molar-refractivity contribution in [2.75, 3.05) is 20.3 Å². The third-order valence-corrected chi connectivity index (χ3v) is 3.67. The number of esters is 1. The maximum absolute atomic E-state index is 13.5. The van der Waals surface area contributed by atoms with Gasteiger partial charge in [0.2, 0.25) is 0 Å². The van der Waals surface area contributed by atoms with Gasteiger partial charge in [0.15, 0.2) is 18.1 Å². The second kappa shape index (κ2) is 10.3. The molecule has 2 aromatic rings.